The van der Waals surface area contributed by atoms with Crippen molar-refractivity contribution in [3.05, 3.63) is 33.2 Å². The summed E-state index contributed by atoms with van der Waals surface area (Å²) >= 11 is 3.23. The predicted octanol–water partition coefficient (Wildman–Crippen LogP) is 1.62. The minimum absolute atomic E-state index is 0.0525. The second-order valence-electron chi connectivity index (χ2n) is 4.88. The number of nitrogens with zero attached hydrogens (tertiary/aromatic N) is 1. The Labute approximate surface area is 131 Å². The topological polar surface area (TPSA) is 88.4 Å². The molecule has 0 aliphatic heterocycles. The number of carbonyl (C=O) groups excluding carboxylic acids is 1. The van der Waals surface area contributed by atoms with Crippen LogP contribution in [0.4, 0.5) is 0 Å². The van der Waals surface area contributed by atoms with Crippen LogP contribution in [0.15, 0.2) is 27.6 Å². The van der Waals surface area contributed by atoms with Gasteiger partial charge in [-0.25, -0.2) is 0 Å². The van der Waals surface area contributed by atoms with Gasteiger partial charge >= 0.3 is 5.97 Å². The lowest BCUT2D eigenvalue weighted by molar-refractivity contribution is -0.149. The summed E-state index contributed by atoms with van der Waals surface area (Å²) < 4.78 is 1.96. The van der Waals surface area contributed by atoms with Crippen molar-refractivity contribution >= 4 is 27.8 Å². The van der Waals surface area contributed by atoms with Crippen molar-refractivity contribution in [2.75, 3.05) is 6.54 Å². The largest absolute Gasteiger partial charge is 0.481 e. The minimum Gasteiger partial charge on any atom is -0.481 e. The Kier molecular flexibility index (Phi) is 6.14. The van der Waals surface area contributed by atoms with E-state index in [2.05, 4.69) is 21.2 Å². The maximum absolute atomic E-state index is 11.9. The van der Waals surface area contributed by atoms with Gasteiger partial charge < -0.3 is 15.0 Å². The average molecular weight is 359 g/mol. The van der Waals surface area contributed by atoms with Gasteiger partial charge in [0.2, 0.25) is 5.91 Å². The summed E-state index contributed by atoms with van der Waals surface area (Å²) in [5, 5.41) is 11.9. The molecule has 7 heteroatoms. The van der Waals surface area contributed by atoms with E-state index in [-0.39, 0.29) is 24.6 Å². The molecule has 0 saturated carbocycles. The summed E-state index contributed by atoms with van der Waals surface area (Å²) in [4.78, 5) is 34.8. The van der Waals surface area contributed by atoms with Crippen LogP contribution in [0.25, 0.3) is 0 Å². The fourth-order valence-electron chi connectivity index (χ4n) is 1.98. The predicted molar refractivity (Wildman–Crippen MR) is 82.1 cm³/mol. The van der Waals surface area contributed by atoms with Gasteiger partial charge in [-0.05, 0) is 34.8 Å². The lowest BCUT2D eigenvalue weighted by Gasteiger charge is -2.26. The molecule has 0 saturated heterocycles. The molecule has 0 bridgehead atoms. The highest BCUT2D eigenvalue weighted by Gasteiger charge is 2.35. The van der Waals surface area contributed by atoms with Crippen LogP contribution in [-0.4, -0.2) is 28.1 Å². The van der Waals surface area contributed by atoms with Gasteiger partial charge in [0.25, 0.3) is 5.56 Å². The summed E-state index contributed by atoms with van der Waals surface area (Å²) in [5.41, 5.74) is -1.25. The van der Waals surface area contributed by atoms with Crippen LogP contribution >= 0.6 is 15.9 Å². The first kappa shape index (κ1) is 17.4. The number of hydrogen-bond acceptors (Lipinski definition) is 3. The van der Waals surface area contributed by atoms with Crippen LogP contribution in [0.5, 0.6) is 0 Å². The number of halogens is 1. The van der Waals surface area contributed by atoms with Crippen LogP contribution in [0.2, 0.25) is 0 Å². The van der Waals surface area contributed by atoms with E-state index in [9.17, 15) is 19.5 Å². The zero-order valence-electron chi connectivity index (χ0n) is 12.1. The number of carbonyl (C=O) groups is 2. The van der Waals surface area contributed by atoms with E-state index in [4.69, 9.17) is 0 Å². The summed E-state index contributed by atoms with van der Waals surface area (Å²) in [6.07, 6.45) is 2.37. The maximum atomic E-state index is 11.9. The smallest absolute Gasteiger partial charge is 0.311 e. The van der Waals surface area contributed by atoms with Crippen molar-refractivity contribution in [1.29, 1.82) is 0 Å². The van der Waals surface area contributed by atoms with Gasteiger partial charge in [0.05, 0.1) is 5.41 Å². The normalized spacial score (nSPS) is 11.2. The Hall–Kier alpha value is -1.63. The van der Waals surface area contributed by atoms with E-state index < -0.39 is 11.4 Å². The van der Waals surface area contributed by atoms with Crippen molar-refractivity contribution in [2.45, 2.75) is 33.2 Å². The fourth-order valence-corrected chi connectivity index (χ4v) is 2.36. The Morgan fingerprint density at radius 2 is 1.95 bits per heavy atom. The molecule has 0 aromatic carbocycles. The Morgan fingerprint density at radius 1 is 1.33 bits per heavy atom. The van der Waals surface area contributed by atoms with Crippen LogP contribution in [0.3, 0.4) is 0 Å². The van der Waals surface area contributed by atoms with Crippen LogP contribution in [0.1, 0.15) is 26.7 Å². The number of hydrogen-bond donors (Lipinski definition) is 2. The number of amides is 1. The zero-order chi connectivity index (χ0) is 16.0. The van der Waals surface area contributed by atoms with Crippen LogP contribution in [-0.2, 0) is 16.1 Å². The molecule has 1 aromatic rings. The second kappa shape index (κ2) is 7.40. The molecule has 1 aromatic heterocycles. The first-order chi connectivity index (χ1) is 9.84. The van der Waals surface area contributed by atoms with Crippen molar-refractivity contribution < 1.29 is 14.7 Å². The second-order valence-corrected chi connectivity index (χ2v) is 5.80. The van der Waals surface area contributed by atoms with Crippen molar-refractivity contribution in [1.82, 2.24) is 9.88 Å². The maximum Gasteiger partial charge on any atom is 0.311 e. The Morgan fingerprint density at radius 3 is 2.48 bits per heavy atom. The highest BCUT2D eigenvalue weighted by Crippen LogP contribution is 2.25. The number of rotatable bonds is 7. The van der Waals surface area contributed by atoms with Crippen molar-refractivity contribution in [3.63, 3.8) is 0 Å². The van der Waals surface area contributed by atoms with E-state index in [1.165, 1.54) is 16.8 Å². The third-order valence-corrected chi connectivity index (χ3v) is 4.16. The molecule has 1 rings (SSSR count). The molecule has 21 heavy (non-hydrogen) atoms. The van der Waals surface area contributed by atoms with Gasteiger partial charge in [-0.3, -0.25) is 14.4 Å². The van der Waals surface area contributed by atoms with Crippen molar-refractivity contribution in [2.24, 2.45) is 5.41 Å². The minimum atomic E-state index is -0.960. The van der Waals surface area contributed by atoms with Gasteiger partial charge in [0.15, 0.2) is 0 Å². The van der Waals surface area contributed by atoms with Crippen LogP contribution < -0.4 is 10.9 Å². The molecular formula is C14H19BrN2O4. The Balaban J connectivity index is 2.72. The summed E-state index contributed by atoms with van der Waals surface area (Å²) in [6, 6.07) is 2.96. The number of aliphatic carboxylic acids is 1. The molecule has 1 amide bonds. The number of aromatic nitrogens is 1. The highest BCUT2D eigenvalue weighted by molar-refractivity contribution is 9.10. The average Bonchev–Trinajstić information content (AvgIpc) is 2.44. The van der Waals surface area contributed by atoms with E-state index >= 15 is 0 Å². The van der Waals surface area contributed by atoms with Gasteiger partial charge in [0.1, 0.15) is 6.54 Å². The monoisotopic (exact) mass is 358 g/mol. The Bertz CT molecular complexity index is 579. The molecule has 0 radical (unpaired) electrons. The SMILES string of the molecule is CCC(CC)(CNC(=O)Cn1cc(Br)ccc1=O)C(=O)O. The molecule has 0 atom stereocenters. The lowest BCUT2D eigenvalue weighted by Crippen LogP contribution is -2.43. The summed E-state index contributed by atoms with van der Waals surface area (Å²) in [6.45, 7) is 3.48. The number of carboxylic acids is 1. The third-order valence-electron chi connectivity index (χ3n) is 3.69. The quantitative estimate of drug-likeness (QED) is 0.774. The summed E-state index contributed by atoms with van der Waals surface area (Å²) in [7, 11) is 0. The molecule has 6 nitrogen and oxygen atoms in total. The molecule has 2 N–H and O–H groups in total. The van der Waals surface area contributed by atoms with E-state index in [1.54, 1.807) is 19.9 Å². The summed E-state index contributed by atoms with van der Waals surface area (Å²) in [5.74, 6) is -1.31. The highest BCUT2D eigenvalue weighted by atomic mass is 79.9. The van der Waals surface area contributed by atoms with E-state index in [0.717, 1.165) is 0 Å². The third kappa shape index (κ3) is 4.42. The first-order valence-corrected chi connectivity index (χ1v) is 7.50. The van der Waals surface area contributed by atoms with Gasteiger partial charge in [-0.15, -0.1) is 0 Å². The van der Waals surface area contributed by atoms with Crippen molar-refractivity contribution in [3.8, 4) is 0 Å². The molecule has 0 spiro atoms. The standard InChI is InChI=1S/C14H19BrN2O4/c1-3-14(4-2,13(20)21)9-16-11(18)8-17-7-10(15)5-6-12(17)19/h5-7H,3-4,8-9H2,1-2H3,(H,16,18)(H,20,21). The number of pyridine rings is 1. The molecule has 0 aliphatic rings. The zero-order valence-corrected chi connectivity index (χ0v) is 13.6. The molecular weight excluding hydrogens is 340 g/mol. The van der Waals surface area contributed by atoms with E-state index in [1.807, 2.05) is 0 Å². The van der Waals surface area contributed by atoms with Gasteiger partial charge in [0, 0.05) is 23.3 Å². The molecule has 116 valence electrons. The first-order valence-electron chi connectivity index (χ1n) is 6.70. The number of carboxylic acid groups (broad SMARTS) is 1. The van der Waals surface area contributed by atoms with E-state index in [0.29, 0.717) is 17.3 Å². The molecule has 0 fully saturated rings. The van der Waals surface area contributed by atoms with Crippen LogP contribution in [0, 0.1) is 5.41 Å². The molecule has 0 aliphatic carbocycles. The molecule has 1 heterocycles. The van der Waals surface area contributed by atoms with Gasteiger partial charge in [-0.1, -0.05) is 13.8 Å². The van der Waals surface area contributed by atoms with Gasteiger partial charge in [-0.2, -0.15) is 0 Å². The molecule has 0 unspecified atom stereocenters. The number of nitrogens with one attached hydrogen (secondary N) is 1. The lowest BCUT2D eigenvalue weighted by atomic mass is 9.82. The fraction of sp³-hybridized carbons (Fsp3) is 0.500.